The Hall–Kier alpha value is -1.84. The summed E-state index contributed by atoms with van der Waals surface area (Å²) in [5.41, 5.74) is 2.76. The van der Waals surface area contributed by atoms with E-state index in [4.69, 9.17) is 5.21 Å². The van der Waals surface area contributed by atoms with Crippen LogP contribution in [0.1, 0.15) is 11.1 Å². The first kappa shape index (κ1) is 10.2. The van der Waals surface area contributed by atoms with Crippen LogP contribution in [0.4, 0.5) is 5.69 Å². The summed E-state index contributed by atoms with van der Waals surface area (Å²) in [7, 11) is 0. The number of oxime groups is 1. The highest BCUT2D eigenvalue weighted by atomic mass is 16.4. The molecule has 0 spiro atoms. The highest BCUT2D eigenvalue weighted by molar-refractivity contribution is 6.31. The van der Waals surface area contributed by atoms with Crippen molar-refractivity contribution >= 4 is 17.8 Å². The molecule has 1 aromatic carbocycles. The van der Waals surface area contributed by atoms with Gasteiger partial charge in [-0.05, 0) is 31.0 Å². The minimum absolute atomic E-state index is 0.443. The molecular weight excluding hydrogens is 180 g/mol. The lowest BCUT2D eigenvalue weighted by molar-refractivity contribution is -0.110. The second-order valence-corrected chi connectivity index (χ2v) is 3.05. The Morgan fingerprint density at radius 3 is 2.86 bits per heavy atom. The topological polar surface area (TPSA) is 61.7 Å². The lowest BCUT2D eigenvalue weighted by Gasteiger charge is -2.06. The van der Waals surface area contributed by atoms with Crippen molar-refractivity contribution < 1.29 is 10.0 Å². The second-order valence-electron chi connectivity index (χ2n) is 3.05. The van der Waals surface area contributed by atoms with Gasteiger partial charge in [0, 0.05) is 5.69 Å². The molecule has 0 radical (unpaired) electrons. The number of anilines is 1. The molecule has 0 aliphatic rings. The fourth-order valence-corrected chi connectivity index (χ4v) is 1.09. The number of carbonyl (C=O) groups is 1. The zero-order valence-electron chi connectivity index (χ0n) is 8.11. The van der Waals surface area contributed by atoms with E-state index in [1.54, 1.807) is 0 Å². The van der Waals surface area contributed by atoms with E-state index in [2.05, 4.69) is 10.5 Å². The van der Waals surface area contributed by atoms with Crippen LogP contribution in [-0.2, 0) is 4.79 Å². The van der Waals surface area contributed by atoms with Gasteiger partial charge in [-0.2, -0.15) is 0 Å². The molecule has 1 aromatic rings. The van der Waals surface area contributed by atoms with Crippen LogP contribution >= 0.6 is 0 Å². The van der Waals surface area contributed by atoms with Crippen molar-refractivity contribution in [2.45, 2.75) is 13.8 Å². The predicted molar refractivity (Wildman–Crippen MR) is 54.8 cm³/mol. The van der Waals surface area contributed by atoms with Gasteiger partial charge in [-0.3, -0.25) is 4.79 Å². The first-order chi connectivity index (χ1) is 6.63. The Bertz CT molecular complexity index is 372. The molecule has 0 aliphatic carbocycles. The molecule has 1 rings (SSSR count). The molecule has 74 valence electrons. The number of carbonyl (C=O) groups excluding carboxylic acids is 1. The van der Waals surface area contributed by atoms with Gasteiger partial charge < -0.3 is 10.5 Å². The third kappa shape index (κ3) is 2.58. The van der Waals surface area contributed by atoms with E-state index in [1.165, 1.54) is 0 Å². The van der Waals surface area contributed by atoms with Crippen LogP contribution in [0.3, 0.4) is 0 Å². The highest BCUT2D eigenvalue weighted by Crippen LogP contribution is 2.15. The van der Waals surface area contributed by atoms with Gasteiger partial charge in [-0.25, -0.2) is 0 Å². The van der Waals surface area contributed by atoms with E-state index < -0.39 is 5.91 Å². The fraction of sp³-hybridized carbons (Fsp3) is 0.200. The van der Waals surface area contributed by atoms with Gasteiger partial charge in [-0.15, -0.1) is 0 Å². The van der Waals surface area contributed by atoms with Crippen molar-refractivity contribution in [3.05, 3.63) is 29.3 Å². The SMILES string of the molecule is Cc1ccc(C)c(NC(=O)/C=N\O)c1. The molecule has 0 unspecified atom stereocenters. The number of nitrogens with one attached hydrogen (secondary N) is 1. The molecule has 0 saturated heterocycles. The number of hydrogen-bond donors (Lipinski definition) is 2. The van der Waals surface area contributed by atoms with Crippen molar-refractivity contribution in [2.24, 2.45) is 5.16 Å². The average molecular weight is 192 g/mol. The predicted octanol–water partition coefficient (Wildman–Crippen LogP) is 1.70. The minimum atomic E-state index is -0.443. The summed E-state index contributed by atoms with van der Waals surface area (Å²) in [4.78, 5) is 11.1. The lowest BCUT2D eigenvalue weighted by atomic mass is 10.1. The van der Waals surface area contributed by atoms with E-state index in [-0.39, 0.29) is 0 Å². The highest BCUT2D eigenvalue weighted by Gasteiger charge is 2.01. The van der Waals surface area contributed by atoms with Gasteiger partial charge in [0.25, 0.3) is 5.91 Å². The monoisotopic (exact) mass is 192 g/mol. The Kier molecular flexibility index (Phi) is 3.23. The van der Waals surface area contributed by atoms with Crippen molar-refractivity contribution in [3.8, 4) is 0 Å². The molecular formula is C10H12N2O2. The number of aryl methyl sites for hydroxylation is 2. The van der Waals surface area contributed by atoms with Crippen molar-refractivity contribution in [3.63, 3.8) is 0 Å². The third-order valence-corrected chi connectivity index (χ3v) is 1.83. The Morgan fingerprint density at radius 1 is 1.50 bits per heavy atom. The third-order valence-electron chi connectivity index (χ3n) is 1.83. The number of rotatable bonds is 2. The van der Waals surface area contributed by atoms with E-state index in [0.717, 1.165) is 23.0 Å². The summed E-state index contributed by atoms with van der Waals surface area (Å²) in [5, 5.41) is 13.4. The van der Waals surface area contributed by atoms with Crippen LogP contribution in [0.15, 0.2) is 23.4 Å². The van der Waals surface area contributed by atoms with Gasteiger partial charge >= 0.3 is 0 Å². The molecule has 4 nitrogen and oxygen atoms in total. The van der Waals surface area contributed by atoms with Crippen LogP contribution in [0.5, 0.6) is 0 Å². The first-order valence-electron chi connectivity index (χ1n) is 4.19. The fourth-order valence-electron chi connectivity index (χ4n) is 1.09. The quantitative estimate of drug-likeness (QED) is 0.425. The van der Waals surface area contributed by atoms with Gasteiger partial charge in [0.2, 0.25) is 0 Å². The minimum Gasteiger partial charge on any atom is -0.411 e. The maximum absolute atomic E-state index is 11.1. The van der Waals surface area contributed by atoms with Crippen LogP contribution in [0.25, 0.3) is 0 Å². The first-order valence-corrected chi connectivity index (χ1v) is 4.19. The second kappa shape index (κ2) is 4.41. The smallest absolute Gasteiger partial charge is 0.270 e. The summed E-state index contributed by atoms with van der Waals surface area (Å²) in [6.45, 7) is 3.83. The van der Waals surface area contributed by atoms with E-state index in [0.29, 0.717) is 0 Å². The van der Waals surface area contributed by atoms with Gasteiger partial charge in [0.05, 0.1) is 0 Å². The number of amides is 1. The molecule has 4 heteroatoms. The molecule has 0 heterocycles. The molecule has 0 saturated carbocycles. The normalized spacial score (nSPS) is 10.4. The Labute approximate surface area is 82.2 Å². The Balaban J connectivity index is 2.85. The van der Waals surface area contributed by atoms with E-state index >= 15 is 0 Å². The summed E-state index contributed by atoms with van der Waals surface area (Å²) >= 11 is 0. The van der Waals surface area contributed by atoms with Crippen LogP contribution in [0, 0.1) is 13.8 Å². The summed E-state index contributed by atoms with van der Waals surface area (Å²) < 4.78 is 0. The van der Waals surface area contributed by atoms with Gasteiger partial charge in [0.1, 0.15) is 6.21 Å². The van der Waals surface area contributed by atoms with Crippen molar-refractivity contribution in [1.29, 1.82) is 0 Å². The maximum atomic E-state index is 11.1. The maximum Gasteiger partial charge on any atom is 0.270 e. The van der Waals surface area contributed by atoms with Crippen LogP contribution in [0.2, 0.25) is 0 Å². The average Bonchev–Trinajstić information content (AvgIpc) is 2.12. The summed E-state index contributed by atoms with van der Waals surface area (Å²) in [6, 6.07) is 5.74. The zero-order chi connectivity index (χ0) is 10.6. The standard InChI is InChI=1S/C10H12N2O2/c1-7-3-4-8(2)9(5-7)12-10(13)6-11-14/h3-6,14H,1-2H3,(H,12,13)/b11-6-. The lowest BCUT2D eigenvalue weighted by Crippen LogP contribution is -2.13. The van der Waals surface area contributed by atoms with Crippen LogP contribution < -0.4 is 5.32 Å². The zero-order valence-corrected chi connectivity index (χ0v) is 8.11. The van der Waals surface area contributed by atoms with Crippen molar-refractivity contribution in [2.75, 3.05) is 5.32 Å². The number of nitrogens with zero attached hydrogens (tertiary/aromatic N) is 1. The molecule has 1 amide bonds. The molecule has 0 aromatic heterocycles. The summed E-state index contributed by atoms with van der Waals surface area (Å²) in [5.74, 6) is -0.443. The van der Waals surface area contributed by atoms with Crippen LogP contribution in [-0.4, -0.2) is 17.3 Å². The Morgan fingerprint density at radius 2 is 2.21 bits per heavy atom. The summed E-state index contributed by atoms with van der Waals surface area (Å²) in [6.07, 6.45) is 0.821. The molecule has 14 heavy (non-hydrogen) atoms. The van der Waals surface area contributed by atoms with Crippen molar-refractivity contribution in [1.82, 2.24) is 0 Å². The van der Waals surface area contributed by atoms with Gasteiger partial charge in [-0.1, -0.05) is 17.3 Å². The molecule has 2 N–H and O–H groups in total. The largest absolute Gasteiger partial charge is 0.411 e. The molecule has 0 aliphatic heterocycles. The molecule has 0 fully saturated rings. The van der Waals surface area contributed by atoms with E-state index in [9.17, 15) is 4.79 Å². The van der Waals surface area contributed by atoms with E-state index in [1.807, 2.05) is 32.0 Å². The molecule has 0 bridgehead atoms. The molecule has 0 atom stereocenters. The number of benzene rings is 1. The number of hydrogen-bond acceptors (Lipinski definition) is 3. The van der Waals surface area contributed by atoms with Gasteiger partial charge in [0.15, 0.2) is 0 Å².